The molecule has 0 atom stereocenters. The monoisotopic (exact) mass is 265 g/mol. The molecule has 1 amide bonds. The van der Waals surface area contributed by atoms with Crippen molar-refractivity contribution >= 4 is 22.9 Å². The second-order valence-corrected chi connectivity index (χ2v) is 4.87. The quantitative estimate of drug-likeness (QED) is 0.846. The summed E-state index contributed by atoms with van der Waals surface area (Å²) in [6, 6.07) is 0. The molecule has 0 radical (unpaired) electrons. The average molecular weight is 265 g/mol. The third kappa shape index (κ3) is 3.30. The fourth-order valence-electron chi connectivity index (χ4n) is 1.45. The Balaban J connectivity index is 1.88. The van der Waals surface area contributed by atoms with E-state index in [2.05, 4.69) is 20.7 Å². The van der Waals surface area contributed by atoms with Crippen molar-refractivity contribution in [3.8, 4) is 0 Å². The zero-order chi connectivity index (χ0) is 13.0. The minimum Gasteiger partial charge on any atom is -0.377 e. The third-order valence-electron chi connectivity index (χ3n) is 2.36. The van der Waals surface area contributed by atoms with E-state index in [1.54, 1.807) is 35.5 Å². The van der Waals surface area contributed by atoms with Crippen molar-refractivity contribution in [2.45, 2.75) is 20.0 Å². The largest absolute Gasteiger partial charge is 0.377 e. The molecule has 0 aliphatic rings. The number of hydrogen-bond acceptors (Lipinski definition) is 5. The third-order valence-corrected chi connectivity index (χ3v) is 3.18. The molecule has 2 N–H and O–H groups in total. The van der Waals surface area contributed by atoms with E-state index in [0.717, 1.165) is 16.4 Å². The number of nitrogens with zero attached hydrogens (tertiary/aromatic N) is 3. The van der Waals surface area contributed by atoms with Crippen LogP contribution in [-0.4, -0.2) is 27.7 Å². The van der Waals surface area contributed by atoms with Crippen LogP contribution in [0.5, 0.6) is 0 Å². The van der Waals surface area contributed by atoms with Crippen molar-refractivity contribution < 1.29 is 4.79 Å². The van der Waals surface area contributed by atoms with Crippen LogP contribution in [0.3, 0.4) is 0 Å². The molecule has 0 aromatic carbocycles. The van der Waals surface area contributed by atoms with Gasteiger partial charge in [-0.2, -0.15) is 5.10 Å². The van der Waals surface area contributed by atoms with E-state index in [1.807, 2.05) is 12.3 Å². The van der Waals surface area contributed by atoms with Gasteiger partial charge >= 0.3 is 0 Å². The molecule has 96 valence electrons. The smallest absolute Gasteiger partial charge is 0.241 e. The van der Waals surface area contributed by atoms with Crippen LogP contribution in [0.25, 0.3) is 0 Å². The van der Waals surface area contributed by atoms with Gasteiger partial charge in [-0.1, -0.05) is 0 Å². The van der Waals surface area contributed by atoms with Crippen molar-refractivity contribution in [3.63, 3.8) is 0 Å². The van der Waals surface area contributed by atoms with Gasteiger partial charge in [-0.05, 0) is 6.92 Å². The maximum Gasteiger partial charge on any atom is 0.241 e. The highest BCUT2D eigenvalue weighted by molar-refractivity contribution is 7.09. The van der Waals surface area contributed by atoms with Gasteiger partial charge in [0.15, 0.2) is 0 Å². The second-order valence-electron chi connectivity index (χ2n) is 3.81. The molecule has 7 heteroatoms. The Labute approximate surface area is 109 Å². The Morgan fingerprint density at radius 3 is 3.06 bits per heavy atom. The second kappa shape index (κ2) is 5.63. The Morgan fingerprint density at radius 2 is 2.39 bits per heavy atom. The Morgan fingerprint density at radius 1 is 1.56 bits per heavy atom. The number of carbonyl (C=O) groups is 1. The van der Waals surface area contributed by atoms with Gasteiger partial charge in [0.25, 0.3) is 0 Å². The number of likely N-dealkylation sites (N-methyl/N-ethyl adjacent to an activating group) is 1. The molecule has 2 aromatic rings. The van der Waals surface area contributed by atoms with E-state index in [-0.39, 0.29) is 12.5 Å². The first-order valence-corrected chi connectivity index (χ1v) is 6.43. The summed E-state index contributed by atoms with van der Waals surface area (Å²) < 4.78 is 1.59. The number of aromatic nitrogens is 3. The molecule has 0 aliphatic carbocycles. The van der Waals surface area contributed by atoms with Crippen LogP contribution in [-0.2, 0) is 17.9 Å². The van der Waals surface area contributed by atoms with Crippen molar-refractivity contribution in [1.82, 2.24) is 20.1 Å². The number of carbonyl (C=O) groups excluding carboxylic acids is 1. The van der Waals surface area contributed by atoms with Crippen LogP contribution in [0, 0.1) is 6.92 Å². The van der Waals surface area contributed by atoms with E-state index in [0.29, 0.717) is 6.54 Å². The molecular formula is C11H15N5OS. The maximum absolute atomic E-state index is 11.2. The SMILES string of the molecule is CNC(=O)Cn1cc(NCc2csc(C)n2)cn1. The predicted octanol–water partition coefficient (Wildman–Crippen LogP) is 1.01. The van der Waals surface area contributed by atoms with Crippen LogP contribution in [0.4, 0.5) is 5.69 Å². The van der Waals surface area contributed by atoms with Gasteiger partial charge in [0, 0.05) is 18.6 Å². The van der Waals surface area contributed by atoms with E-state index in [4.69, 9.17) is 0 Å². The zero-order valence-electron chi connectivity index (χ0n) is 10.3. The van der Waals surface area contributed by atoms with Crippen LogP contribution >= 0.6 is 11.3 Å². The van der Waals surface area contributed by atoms with E-state index in [1.165, 1.54) is 0 Å². The summed E-state index contributed by atoms with van der Waals surface area (Å²) in [5, 5.41) is 12.9. The summed E-state index contributed by atoms with van der Waals surface area (Å²) in [7, 11) is 1.61. The lowest BCUT2D eigenvalue weighted by molar-refractivity contribution is -0.121. The lowest BCUT2D eigenvalue weighted by atomic mass is 10.4. The minimum absolute atomic E-state index is 0.0697. The first-order chi connectivity index (χ1) is 8.67. The van der Waals surface area contributed by atoms with Crippen molar-refractivity contribution in [2.24, 2.45) is 0 Å². The fourth-order valence-corrected chi connectivity index (χ4v) is 2.06. The molecule has 0 unspecified atom stereocenters. The summed E-state index contributed by atoms with van der Waals surface area (Å²) in [6.45, 7) is 2.87. The summed E-state index contributed by atoms with van der Waals surface area (Å²) >= 11 is 1.63. The lowest BCUT2D eigenvalue weighted by Gasteiger charge is -2.00. The highest BCUT2D eigenvalue weighted by Crippen LogP contribution is 2.11. The summed E-state index contributed by atoms with van der Waals surface area (Å²) in [5.74, 6) is -0.0697. The Bertz CT molecular complexity index is 533. The molecule has 2 rings (SSSR count). The summed E-state index contributed by atoms with van der Waals surface area (Å²) in [5.41, 5.74) is 1.89. The van der Waals surface area contributed by atoms with Crippen molar-refractivity contribution in [3.05, 3.63) is 28.5 Å². The number of amides is 1. The normalized spacial score (nSPS) is 10.3. The fraction of sp³-hybridized carbons (Fsp3) is 0.364. The van der Waals surface area contributed by atoms with E-state index < -0.39 is 0 Å². The van der Waals surface area contributed by atoms with Crippen molar-refractivity contribution in [1.29, 1.82) is 0 Å². The van der Waals surface area contributed by atoms with Gasteiger partial charge in [-0.15, -0.1) is 11.3 Å². The van der Waals surface area contributed by atoms with Gasteiger partial charge < -0.3 is 10.6 Å². The van der Waals surface area contributed by atoms with Crippen molar-refractivity contribution in [2.75, 3.05) is 12.4 Å². The predicted molar refractivity (Wildman–Crippen MR) is 70.5 cm³/mol. The van der Waals surface area contributed by atoms with Gasteiger partial charge in [0.2, 0.25) is 5.91 Å². The molecule has 18 heavy (non-hydrogen) atoms. The lowest BCUT2D eigenvalue weighted by Crippen LogP contribution is -2.23. The van der Waals surface area contributed by atoms with E-state index in [9.17, 15) is 4.79 Å². The van der Waals surface area contributed by atoms with Crippen LogP contribution < -0.4 is 10.6 Å². The summed E-state index contributed by atoms with van der Waals surface area (Å²) in [6.07, 6.45) is 3.50. The van der Waals surface area contributed by atoms with Gasteiger partial charge in [-0.25, -0.2) is 4.98 Å². The highest BCUT2D eigenvalue weighted by Gasteiger charge is 2.03. The molecule has 0 aliphatic heterocycles. The highest BCUT2D eigenvalue weighted by atomic mass is 32.1. The topological polar surface area (TPSA) is 71.8 Å². The molecule has 0 spiro atoms. The minimum atomic E-state index is -0.0697. The molecule has 0 saturated heterocycles. The molecule has 6 nitrogen and oxygen atoms in total. The number of aryl methyl sites for hydroxylation is 1. The number of rotatable bonds is 5. The van der Waals surface area contributed by atoms with Gasteiger partial charge in [0.05, 0.1) is 29.1 Å². The molecular weight excluding hydrogens is 250 g/mol. The van der Waals surface area contributed by atoms with Gasteiger partial charge in [-0.3, -0.25) is 9.48 Å². The summed E-state index contributed by atoms with van der Waals surface area (Å²) in [4.78, 5) is 15.5. The number of thiazole rings is 1. The molecule has 0 saturated carbocycles. The number of anilines is 1. The number of nitrogens with one attached hydrogen (secondary N) is 2. The van der Waals surface area contributed by atoms with Crippen LogP contribution in [0.15, 0.2) is 17.8 Å². The van der Waals surface area contributed by atoms with Gasteiger partial charge in [0.1, 0.15) is 6.54 Å². The maximum atomic E-state index is 11.2. The zero-order valence-corrected chi connectivity index (χ0v) is 11.1. The molecule has 0 fully saturated rings. The first kappa shape index (κ1) is 12.6. The van der Waals surface area contributed by atoms with Crippen LogP contribution in [0.2, 0.25) is 0 Å². The number of hydrogen-bond donors (Lipinski definition) is 2. The molecule has 2 aromatic heterocycles. The Kier molecular flexibility index (Phi) is 3.93. The average Bonchev–Trinajstić information content (AvgIpc) is 2.96. The standard InChI is InChI=1S/C11H15N5OS/c1-8-15-10(7-18-8)3-13-9-4-14-16(5-9)6-11(17)12-2/h4-5,7,13H,3,6H2,1-2H3,(H,12,17). The van der Waals surface area contributed by atoms with Crippen LogP contribution in [0.1, 0.15) is 10.7 Å². The first-order valence-electron chi connectivity index (χ1n) is 5.55. The molecule has 2 heterocycles. The Hall–Kier alpha value is -1.89. The molecule has 0 bridgehead atoms. The van der Waals surface area contributed by atoms with E-state index >= 15 is 0 Å².